The van der Waals surface area contributed by atoms with Gasteiger partial charge in [0.05, 0.1) is 12.0 Å². The Bertz CT molecular complexity index is 1020. The number of nitrogens with zero attached hydrogens (tertiary/aromatic N) is 1. The highest BCUT2D eigenvalue weighted by Gasteiger charge is 2.19. The summed E-state index contributed by atoms with van der Waals surface area (Å²) in [6.45, 7) is 2.13. The van der Waals surface area contributed by atoms with E-state index in [9.17, 15) is 19.8 Å². The maximum Gasteiger partial charge on any atom is 0.340 e. The van der Waals surface area contributed by atoms with E-state index in [1.165, 1.54) is 6.07 Å². The van der Waals surface area contributed by atoms with Crippen molar-refractivity contribution >= 4 is 16.9 Å². The van der Waals surface area contributed by atoms with Gasteiger partial charge in [-0.25, -0.2) is 4.79 Å². The molecule has 26 heavy (non-hydrogen) atoms. The zero-order valence-electron chi connectivity index (χ0n) is 14.5. The number of phenolic OH excluding ortho intramolecular Hbond substituents is 2. The molecule has 2 N–H and O–H groups in total. The minimum atomic E-state index is -0.697. The number of benzene rings is 2. The molecule has 0 unspecified atom stereocenters. The maximum atomic E-state index is 12.5. The lowest BCUT2D eigenvalue weighted by Crippen LogP contribution is -2.29. The third-order valence-corrected chi connectivity index (χ3v) is 4.42. The molecule has 0 spiro atoms. The van der Waals surface area contributed by atoms with Crippen LogP contribution in [0.4, 0.5) is 0 Å². The van der Waals surface area contributed by atoms with Crippen molar-refractivity contribution in [1.29, 1.82) is 0 Å². The van der Waals surface area contributed by atoms with E-state index in [1.807, 2.05) is 30.3 Å². The van der Waals surface area contributed by atoms with Gasteiger partial charge in [-0.3, -0.25) is 4.79 Å². The van der Waals surface area contributed by atoms with Crippen molar-refractivity contribution in [2.75, 3.05) is 7.05 Å². The van der Waals surface area contributed by atoms with Crippen LogP contribution < -0.4 is 5.63 Å². The van der Waals surface area contributed by atoms with Crippen LogP contribution in [0.5, 0.6) is 11.5 Å². The van der Waals surface area contributed by atoms with E-state index >= 15 is 0 Å². The molecule has 6 heteroatoms. The fraction of sp³-hybridized carbons (Fsp3) is 0.200. The fourth-order valence-electron chi connectivity index (χ4n) is 2.87. The summed E-state index contributed by atoms with van der Waals surface area (Å²) in [5.41, 5.74) is 1.00. The first kappa shape index (κ1) is 17.5. The zero-order valence-corrected chi connectivity index (χ0v) is 14.5. The number of phenols is 2. The van der Waals surface area contributed by atoms with Crippen molar-refractivity contribution in [2.24, 2.45) is 0 Å². The number of carbonyl (C=O) groups excluding carboxylic acids is 1. The Hall–Kier alpha value is -3.28. The van der Waals surface area contributed by atoms with Crippen LogP contribution in [0.15, 0.2) is 51.7 Å². The van der Waals surface area contributed by atoms with E-state index in [0.717, 1.165) is 5.56 Å². The summed E-state index contributed by atoms with van der Waals surface area (Å²) in [4.78, 5) is 26.4. The predicted octanol–water partition coefficient (Wildman–Crippen LogP) is 2.71. The number of hydrogen-bond acceptors (Lipinski definition) is 5. The highest BCUT2D eigenvalue weighted by Crippen LogP contribution is 2.34. The van der Waals surface area contributed by atoms with Crippen molar-refractivity contribution < 1.29 is 19.4 Å². The van der Waals surface area contributed by atoms with Gasteiger partial charge < -0.3 is 19.5 Å². The molecule has 0 aliphatic heterocycles. The topological polar surface area (TPSA) is 91.0 Å². The normalized spacial score (nSPS) is 10.8. The highest BCUT2D eigenvalue weighted by molar-refractivity contribution is 5.89. The van der Waals surface area contributed by atoms with Gasteiger partial charge in [-0.15, -0.1) is 0 Å². The van der Waals surface area contributed by atoms with Crippen molar-refractivity contribution in [3.05, 3.63) is 69.6 Å². The average molecular weight is 353 g/mol. The molecule has 0 saturated heterocycles. The molecule has 0 aliphatic rings. The summed E-state index contributed by atoms with van der Waals surface area (Å²) in [7, 11) is 1.68. The standard InChI is InChI=1S/C20H19NO5/c1-12-14-8-9-16(22)18(24)19(14)26-20(25)15(12)10-17(23)21(2)11-13-6-4-3-5-7-13/h3-9,22,24H,10-11H2,1-2H3. The quantitative estimate of drug-likeness (QED) is 0.556. The monoisotopic (exact) mass is 353 g/mol. The largest absolute Gasteiger partial charge is 0.504 e. The number of fused-ring (bicyclic) bond motifs is 1. The number of amides is 1. The van der Waals surface area contributed by atoms with E-state index in [0.29, 0.717) is 17.5 Å². The lowest BCUT2D eigenvalue weighted by Gasteiger charge is -2.18. The summed E-state index contributed by atoms with van der Waals surface area (Å²) in [5.74, 6) is -1.07. The first-order valence-corrected chi connectivity index (χ1v) is 8.13. The summed E-state index contributed by atoms with van der Waals surface area (Å²) >= 11 is 0. The number of rotatable bonds is 4. The molecule has 134 valence electrons. The maximum absolute atomic E-state index is 12.5. The Morgan fingerprint density at radius 3 is 2.50 bits per heavy atom. The van der Waals surface area contributed by atoms with Crippen molar-refractivity contribution in [3.8, 4) is 11.5 Å². The molecule has 0 saturated carbocycles. The predicted molar refractivity (Wildman–Crippen MR) is 97.2 cm³/mol. The minimum Gasteiger partial charge on any atom is -0.504 e. The molecular weight excluding hydrogens is 334 g/mol. The van der Waals surface area contributed by atoms with Gasteiger partial charge in [0.25, 0.3) is 0 Å². The lowest BCUT2D eigenvalue weighted by molar-refractivity contribution is -0.129. The molecule has 0 bridgehead atoms. The summed E-state index contributed by atoms with van der Waals surface area (Å²) in [5, 5.41) is 19.9. The molecule has 0 fully saturated rings. The molecule has 0 aliphatic carbocycles. The van der Waals surface area contributed by atoms with Crippen LogP contribution in [0.2, 0.25) is 0 Å². The second-order valence-corrected chi connectivity index (χ2v) is 6.22. The molecule has 1 heterocycles. The van der Waals surface area contributed by atoms with E-state index in [1.54, 1.807) is 24.9 Å². The number of aromatic hydroxyl groups is 2. The van der Waals surface area contributed by atoms with Crippen LogP contribution in [0.1, 0.15) is 16.7 Å². The smallest absolute Gasteiger partial charge is 0.340 e. The average Bonchev–Trinajstić information content (AvgIpc) is 2.62. The first-order valence-electron chi connectivity index (χ1n) is 8.13. The number of hydrogen-bond donors (Lipinski definition) is 2. The summed E-state index contributed by atoms with van der Waals surface area (Å²) in [6, 6.07) is 12.4. The molecule has 0 atom stereocenters. The van der Waals surface area contributed by atoms with Gasteiger partial charge in [-0.05, 0) is 30.2 Å². The van der Waals surface area contributed by atoms with Crippen molar-refractivity contribution in [3.63, 3.8) is 0 Å². The van der Waals surface area contributed by atoms with E-state index in [2.05, 4.69) is 0 Å². The molecular formula is C20H19NO5. The third kappa shape index (κ3) is 3.26. The van der Waals surface area contributed by atoms with Gasteiger partial charge >= 0.3 is 5.63 Å². The summed E-state index contributed by atoms with van der Waals surface area (Å²) in [6.07, 6.45) is -0.102. The SMILES string of the molecule is Cc1c(CC(=O)N(C)Cc2ccccc2)c(=O)oc2c(O)c(O)ccc12. The Morgan fingerprint density at radius 2 is 1.81 bits per heavy atom. The molecule has 2 aromatic carbocycles. The third-order valence-electron chi connectivity index (χ3n) is 4.42. The number of carbonyl (C=O) groups is 1. The van der Waals surface area contributed by atoms with Crippen LogP contribution >= 0.6 is 0 Å². The Morgan fingerprint density at radius 1 is 1.12 bits per heavy atom. The number of likely N-dealkylation sites (N-methyl/N-ethyl adjacent to an activating group) is 1. The molecule has 3 rings (SSSR count). The van der Waals surface area contributed by atoms with E-state index in [-0.39, 0.29) is 29.2 Å². The van der Waals surface area contributed by atoms with Gasteiger partial charge in [0, 0.05) is 19.0 Å². The highest BCUT2D eigenvalue weighted by atomic mass is 16.4. The summed E-state index contributed by atoms with van der Waals surface area (Å²) < 4.78 is 5.15. The lowest BCUT2D eigenvalue weighted by atomic mass is 10.0. The Balaban J connectivity index is 1.90. The second-order valence-electron chi connectivity index (χ2n) is 6.22. The van der Waals surface area contributed by atoms with Crippen LogP contribution in [-0.4, -0.2) is 28.1 Å². The van der Waals surface area contributed by atoms with Gasteiger partial charge in [0.15, 0.2) is 11.3 Å². The van der Waals surface area contributed by atoms with Gasteiger partial charge in [0.1, 0.15) is 0 Å². The van der Waals surface area contributed by atoms with Gasteiger partial charge in [-0.1, -0.05) is 30.3 Å². The second kappa shape index (κ2) is 6.92. The van der Waals surface area contributed by atoms with Crippen LogP contribution in [0.25, 0.3) is 11.0 Å². The zero-order chi connectivity index (χ0) is 18.8. The Labute approximate surface area is 149 Å². The van der Waals surface area contributed by atoms with Crippen molar-refractivity contribution in [2.45, 2.75) is 19.9 Å². The van der Waals surface area contributed by atoms with Crippen LogP contribution in [0, 0.1) is 6.92 Å². The molecule has 1 aromatic heterocycles. The van der Waals surface area contributed by atoms with Crippen LogP contribution in [0.3, 0.4) is 0 Å². The van der Waals surface area contributed by atoms with E-state index < -0.39 is 11.4 Å². The fourth-order valence-corrected chi connectivity index (χ4v) is 2.87. The minimum absolute atomic E-state index is 0.0821. The van der Waals surface area contributed by atoms with Gasteiger partial charge in [-0.2, -0.15) is 0 Å². The number of aryl methyl sites for hydroxylation is 1. The Kier molecular flexibility index (Phi) is 4.67. The molecule has 3 aromatic rings. The first-order chi connectivity index (χ1) is 12.4. The van der Waals surface area contributed by atoms with E-state index in [4.69, 9.17) is 4.42 Å². The molecule has 1 amide bonds. The molecule has 0 radical (unpaired) electrons. The van der Waals surface area contributed by atoms with Crippen LogP contribution in [-0.2, 0) is 17.8 Å². The van der Waals surface area contributed by atoms with Gasteiger partial charge in [0.2, 0.25) is 11.7 Å². The molecule has 6 nitrogen and oxygen atoms in total. The van der Waals surface area contributed by atoms with Crippen molar-refractivity contribution in [1.82, 2.24) is 4.90 Å².